The molecule has 6 heteroatoms. The van der Waals surface area contributed by atoms with E-state index in [1.165, 1.54) is 0 Å². The van der Waals surface area contributed by atoms with Crippen molar-refractivity contribution in [1.29, 1.82) is 0 Å². The zero-order valence-corrected chi connectivity index (χ0v) is 10.9. The quantitative estimate of drug-likeness (QED) is 0.471. The molecule has 1 heterocycles. The maximum atomic E-state index is 5.65. The Morgan fingerprint density at radius 3 is 2.53 bits per heavy atom. The molecule has 1 rings (SSSR count). The predicted molar refractivity (Wildman–Crippen MR) is 65.3 cm³/mol. The maximum absolute atomic E-state index is 5.65. The third-order valence-corrected chi connectivity index (χ3v) is 2.40. The number of halogens is 1. The summed E-state index contributed by atoms with van der Waals surface area (Å²) in [5.74, 6) is 0.446. The van der Waals surface area contributed by atoms with Crippen LogP contribution in [0.25, 0.3) is 0 Å². The van der Waals surface area contributed by atoms with Crippen LogP contribution in [0, 0.1) is 0 Å². The lowest BCUT2D eigenvalue weighted by Crippen LogP contribution is -2.11. The molecule has 0 saturated carbocycles. The highest BCUT2D eigenvalue weighted by molar-refractivity contribution is 6.16. The lowest BCUT2D eigenvalue weighted by Gasteiger charge is -2.05. The first-order valence-corrected chi connectivity index (χ1v) is 6.11. The number of aromatic nitrogens is 2. The van der Waals surface area contributed by atoms with Gasteiger partial charge in [0.2, 0.25) is 0 Å². The van der Waals surface area contributed by atoms with Gasteiger partial charge in [-0.1, -0.05) is 0 Å². The van der Waals surface area contributed by atoms with Gasteiger partial charge in [0, 0.05) is 19.9 Å². The van der Waals surface area contributed by atoms with Crippen molar-refractivity contribution in [2.45, 2.75) is 12.4 Å². The highest BCUT2D eigenvalue weighted by Crippen LogP contribution is 1.99. The van der Waals surface area contributed by atoms with E-state index in [2.05, 4.69) is 4.98 Å². The van der Waals surface area contributed by atoms with Gasteiger partial charge in [0.25, 0.3) is 0 Å². The van der Waals surface area contributed by atoms with E-state index in [0.717, 1.165) is 12.2 Å². The molecule has 0 fully saturated rings. The topological polar surface area (TPSA) is 45.5 Å². The molecule has 0 saturated heterocycles. The molecule has 0 aliphatic heterocycles. The van der Waals surface area contributed by atoms with Crippen LogP contribution < -0.4 is 0 Å². The van der Waals surface area contributed by atoms with Crippen molar-refractivity contribution >= 4 is 11.6 Å². The fraction of sp³-hybridized carbons (Fsp3) is 0.727. The van der Waals surface area contributed by atoms with Gasteiger partial charge in [0.1, 0.15) is 0 Å². The number of methoxy groups -OCH3 is 1. The molecular formula is C11H19ClN2O3. The van der Waals surface area contributed by atoms with Gasteiger partial charge >= 0.3 is 0 Å². The molecule has 0 unspecified atom stereocenters. The number of hydrogen-bond acceptors (Lipinski definition) is 4. The van der Waals surface area contributed by atoms with Crippen LogP contribution in [-0.2, 0) is 26.6 Å². The zero-order chi connectivity index (χ0) is 12.3. The van der Waals surface area contributed by atoms with Gasteiger partial charge < -0.3 is 18.8 Å². The van der Waals surface area contributed by atoms with E-state index in [-0.39, 0.29) is 0 Å². The van der Waals surface area contributed by atoms with Crippen molar-refractivity contribution in [3.05, 3.63) is 18.2 Å². The Morgan fingerprint density at radius 2 is 1.88 bits per heavy atom. The Hall–Kier alpha value is -0.620. The Balaban J connectivity index is 1.93. The molecule has 0 aliphatic carbocycles. The van der Waals surface area contributed by atoms with Gasteiger partial charge in [-0.3, -0.25) is 0 Å². The largest absolute Gasteiger partial charge is 0.382 e. The molecule has 5 nitrogen and oxygen atoms in total. The standard InChI is InChI=1S/C11H19ClN2O3/c1-15-4-5-17-7-6-16-3-2-14-9-11(8-12)13-10-14/h9-10H,2-8H2,1H3. The molecule has 0 bridgehead atoms. The van der Waals surface area contributed by atoms with E-state index in [1.807, 2.05) is 10.8 Å². The Bertz CT molecular complexity index is 294. The van der Waals surface area contributed by atoms with Crippen molar-refractivity contribution in [1.82, 2.24) is 9.55 Å². The number of rotatable bonds is 10. The molecular weight excluding hydrogens is 244 g/mol. The Morgan fingerprint density at radius 1 is 1.18 bits per heavy atom. The minimum absolute atomic E-state index is 0.446. The molecule has 0 N–H and O–H groups in total. The average molecular weight is 263 g/mol. The first-order valence-electron chi connectivity index (χ1n) is 5.58. The van der Waals surface area contributed by atoms with Crippen molar-refractivity contribution in [2.75, 3.05) is 40.1 Å². The van der Waals surface area contributed by atoms with Crippen LogP contribution in [0.1, 0.15) is 5.69 Å². The minimum atomic E-state index is 0.446. The molecule has 1 aromatic heterocycles. The van der Waals surface area contributed by atoms with Crippen LogP contribution in [-0.4, -0.2) is 49.7 Å². The first-order chi connectivity index (χ1) is 8.36. The van der Waals surface area contributed by atoms with Crippen LogP contribution in [0.15, 0.2) is 12.5 Å². The molecule has 0 aromatic carbocycles. The summed E-state index contributed by atoms with van der Waals surface area (Å²) in [6, 6.07) is 0. The van der Waals surface area contributed by atoms with Crippen molar-refractivity contribution in [2.24, 2.45) is 0 Å². The second-order valence-electron chi connectivity index (χ2n) is 3.45. The summed E-state index contributed by atoms with van der Waals surface area (Å²) in [6.45, 7) is 3.85. The SMILES string of the molecule is COCCOCCOCCn1cnc(CCl)c1. The van der Waals surface area contributed by atoms with Crippen LogP contribution in [0.2, 0.25) is 0 Å². The van der Waals surface area contributed by atoms with Gasteiger partial charge in [-0.15, -0.1) is 11.6 Å². The fourth-order valence-corrected chi connectivity index (χ4v) is 1.37. The van der Waals surface area contributed by atoms with E-state index >= 15 is 0 Å². The summed E-state index contributed by atoms with van der Waals surface area (Å²) >= 11 is 5.65. The lowest BCUT2D eigenvalue weighted by atomic mass is 10.5. The van der Waals surface area contributed by atoms with Crippen molar-refractivity contribution in [3.8, 4) is 0 Å². The first kappa shape index (κ1) is 14.4. The van der Waals surface area contributed by atoms with E-state index in [1.54, 1.807) is 13.4 Å². The summed E-state index contributed by atoms with van der Waals surface area (Å²) in [7, 11) is 1.65. The highest BCUT2D eigenvalue weighted by Gasteiger charge is 1.96. The summed E-state index contributed by atoms with van der Waals surface area (Å²) in [5.41, 5.74) is 0.884. The number of nitrogens with zero attached hydrogens (tertiary/aromatic N) is 2. The molecule has 0 amide bonds. The van der Waals surface area contributed by atoms with E-state index in [4.69, 9.17) is 25.8 Å². The van der Waals surface area contributed by atoms with Gasteiger partial charge in [0.05, 0.1) is 50.9 Å². The predicted octanol–water partition coefficient (Wildman–Crippen LogP) is 1.30. The summed E-state index contributed by atoms with van der Waals surface area (Å²) in [6.07, 6.45) is 3.68. The van der Waals surface area contributed by atoms with Crippen molar-refractivity contribution in [3.63, 3.8) is 0 Å². The second-order valence-corrected chi connectivity index (χ2v) is 3.72. The van der Waals surface area contributed by atoms with Crippen molar-refractivity contribution < 1.29 is 14.2 Å². The van der Waals surface area contributed by atoms with Gasteiger partial charge in [-0.2, -0.15) is 0 Å². The Labute approximate surface area is 107 Å². The minimum Gasteiger partial charge on any atom is -0.382 e. The number of alkyl halides is 1. The average Bonchev–Trinajstić information content (AvgIpc) is 2.80. The highest BCUT2D eigenvalue weighted by atomic mass is 35.5. The summed E-state index contributed by atoms with van der Waals surface area (Å²) in [4.78, 5) is 4.12. The van der Waals surface area contributed by atoms with E-state index in [0.29, 0.717) is 38.9 Å². The van der Waals surface area contributed by atoms with Crippen LogP contribution in [0.5, 0.6) is 0 Å². The fourth-order valence-electron chi connectivity index (χ4n) is 1.23. The summed E-state index contributed by atoms with van der Waals surface area (Å²) in [5, 5.41) is 0. The smallest absolute Gasteiger partial charge is 0.0950 e. The monoisotopic (exact) mass is 262 g/mol. The number of hydrogen-bond donors (Lipinski definition) is 0. The normalized spacial score (nSPS) is 10.9. The molecule has 1 aromatic rings. The molecule has 0 radical (unpaired) electrons. The van der Waals surface area contributed by atoms with Gasteiger partial charge in [0.15, 0.2) is 0 Å². The van der Waals surface area contributed by atoms with E-state index < -0.39 is 0 Å². The Kier molecular flexibility index (Phi) is 8.00. The molecule has 17 heavy (non-hydrogen) atoms. The molecule has 0 aliphatic rings. The van der Waals surface area contributed by atoms with Gasteiger partial charge in [-0.05, 0) is 0 Å². The van der Waals surface area contributed by atoms with Crippen LogP contribution >= 0.6 is 11.6 Å². The van der Waals surface area contributed by atoms with E-state index in [9.17, 15) is 0 Å². The van der Waals surface area contributed by atoms with Crippen LogP contribution in [0.4, 0.5) is 0 Å². The second kappa shape index (κ2) is 9.41. The molecule has 0 atom stereocenters. The lowest BCUT2D eigenvalue weighted by molar-refractivity contribution is 0.0230. The summed E-state index contributed by atoms with van der Waals surface area (Å²) < 4.78 is 17.5. The third-order valence-electron chi connectivity index (χ3n) is 2.12. The zero-order valence-electron chi connectivity index (χ0n) is 10.1. The number of ether oxygens (including phenoxy) is 3. The number of imidazole rings is 1. The molecule has 98 valence electrons. The van der Waals surface area contributed by atoms with Crippen LogP contribution in [0.3, 0.4) is 0 Å². The maximum Gasteiger partial charge on any atom is 0.0950 e. The third kappa shape index (κ3) is 6.63. The van der Waals surface area contributed by atoms with Gasteiger partial charge in [-0.25, -0.2) is 4.98 Å². The molecule has 0 spiro atoms.